The highest BCUT2D eigenvalue weighted by atomic mass is 19.1. The van der Waals surface area contributed by atoms with E-state index in [0.29, 0.717) is 11.6 Å². The molecule has 20 heavy (non-hydrogen) atoms. The van der Waals surface area contributed by atoms with E-state index in [0.717, 1.165) is 31.8 Å². The fourth-order valence-electron chi connectivity index (χ4n) is 3.32. The quantitative estimate of drug-likeness (QED) is 0.777. The van der Waals surface area contributed by atoms with E-state index in [2.05, 4.69) is 16.0 Å². The molecule has 2 fully saturated rings. The Labute approximate surface area is 118 Å². The molecule has 1 aliphatic heterocycles. The number of benzene rings is 1. The molecule has 1 heterocycles. The highest BCUT2D eigenvalue weighted by Crippen LogP contribution is 2.32. The van der Waals surface area contributed by atoms with E-state index in [4.69, 9.17) is 0 Å². The van der Waals surface area contributed by atoms with Gasteiger partial charge in [-0.1, -0.05) is 0 Å². The van der Waals surface area contributed by atoms with Gasteiger partial charge in [0.15, 0.2) is 0 Å². The molecular formula is C15H20FN3O. The molecule has 0 spiro atoms. The van der Waals surface area contributed by atoms with Gasteiger partial charge < -0.3 is 16.0 Å². The van der Waals surface area contributed by atoms with E-state index in [1.807, 2.05) is 0 Å². The van der Waals surface area contributed by atoms with Crippen LogP contribution >= 0.6 is 0 Å². The first kappa shape index (κ1) is 13.4. The van der Waals surface area contributed by atoms with Crippen LogP contribution in [0.2, 0.25) is 0 Å². The average Bonchev–Trinajstić information content (AvgIpc) is 2.89. The Kier molecular flexibility index (Phi) is 3.87. The molecule has 108 valence electrons. The maximum absolute atomic E-state index is 12.8. The fourth-order valence-corrected chi connectivity index (χ4v) is 3.32. The molecule has 4 nitrogen and oxygen atoms in total. The second kappa shape index (κ2) is 5.79. The first-order valence-electron chi connectivity index (χ1n) is 7.24. The predicted molar refractivity (Wildman–Crippen MR) is 76.0 cm³/mol. The summed E-state index contributed by atoms with van der Waals surface area (Å²) >= 11 is 0. The Morgan fingerprint density at radius 2 is 1.90 bits per heavy atom. The van der Waals surface area contributed by atoms with Crippen LogP contribution in [-0.2, 0) is 0 Å². The summed E-state index contributed by atoms with van der Waals surface area (Å²) in [6.45, 7) is 2.20. The second-order valence-corrected chi connectivity index (χ2v) is 5.79. The van der Waals surface area contributed by atoms with Crippen molar-refractivity contribution in [3.05, 3.63) is 30.1 Å². The monoisotopic (exact) mass is 277 g/mol. The molecule has 3 atom stereocenters. The van der Waals surface area contributed by atoms with Gasteiger partial charge in [0.05, 0.1) is 0 Å². The number of anilines is 1. The number of carbonyl (C=O) groups is 1. The number of carbonyl (C=O) groups excluding carboxylic acids is 1. The summed E-state index contributed by atoms with van der Waals surface area (Å²) in [5.74, 6) is 1.18. The van der Waals surface area contributed by atoms with Crippen molar-refractivity contribution >= 4 is 11.7 Å². The first-order chi connectivity index (χ1) is 9.70. The minimum Gasteiger partial charge on any atom is -0.335 e. The van der Waals surface area contributed by atoms with Gasteiger partial charge in [0, 0.05) is 11.7 Å². The number of rotatable bonds is 2. The molecule has 0 aromatic heterocycles. The van der Waals surface area contributed by atoms with Crippen LogP contribution in [0.15, 0.2) is 24.3 Å². The zero-order chi connectivity index (χ0) is 13.9. The van der Waals surface area contributed by atoms with Crippen LogP contribution in [-0.4, -0.2) is 25.2 Å². The highest BCUT2D eigenvalue weighted by molar-refractivity contribution is 5.89. The molecule has 1 saturated heterocycles. The van der Waals surface area contributed by atoms with Gasteiger partial charge in [0.1, 0.15) is 5.82 Å². The van der Waals surface area contributed by atoms with E-state index < -0.39 is 0 Å². The molecule has 1 aliphatic carbocycles. The molecule has 3 rings (SSSR count). The average molecular weight is 277 g/mol. The Balaban J connectivity index is 1.50. The number of nitrogens with one attached hydrogen (secondary N) is 3. The van der Waals surface area contributed by atoms with Crippen molar-refractivity contribution in [2.45, 2.75) is 25.3 Å². The summed E-state index contributed by atoms with van der Waals surface area (Å²) in [6, 6.07) is 5.85. The topological polar surface area (TPSA) is 53.2 Å². The maximum atomic E-state index is 12.8. The third-order valence-corrected chi connectivity index (χ3v) is 4.39. The van der Waals surface area contributed by atoms with E-state index in [9.17, 15) is 9.18 Å². The van der Waals surface area contributed by atoms with Crippen molar-refractivity contribution in [2.24, 2.45) is 11.8 Å². The summed E-state index contributed by atoms with van der Waals surface area (Å²) in [7, 11) is 0. The van der Waals surface area contributed by atoms with Crippen LogP contribution in [0.25, 0.3) is 0 Å². The summed E-state index contributed by atoms with van der Waals surface area (Å²) in [5.41, 5.74) is 0.611. The van der Waals surface area contributed by atoms with Gasteiger partial charge in [0.2, 0.25) is 0 Å². The van der Waals surface area contributed by atoms with Crippen LogP contribution in [0.4, 0.5) is 14.9 Å². The largest absolute Gasteiger partial charge is 0.335 e. The van der Waals surface area contributed by atoms with Crippen LogP contribution < -0.4 is 16.0 Å². The molecule has 0 radical (unpaired) electrons. The predicted octanol–water partition coefficient (Wildman–Crippen LogP) is 2.34. The molecule has 1 aromatic carbocycles. The van der Waals surface area contributed by atoms with Crippen molar-refractivity contribution in [1.29, 1.82) is 0 Å². The van der Waals surface area contributed by atoms with Crippen LogP contribution in [0.3, 0.4) is 0 Å². The molecule has 1 unspecified atom stereocenters. The molecule has 3 N–H and O–H groups in total. The number of hydrogen-bond donors (Lipinski definition) is 3. The van der Waals surface area contributed by atoms with Gasteiger partial charge in [-0.2, -0.15) is 0 Å². The Hall–Kier alpha value is -1.62. The minimum atomic E-state index is -0.303. The second-order valence-electron chi connectivity index (χ2n) is 5.79. The van der Waals surface area contributed by atoms with Gasteiger partial charge in [-0.05, 0) is 68.5 Å². The van der Waals surface area contributed by atoms with E-state index in [1.165, 1.54) is 18.6 Å². The number of fused-ring (bicyclic) bond motifs is 1. The van der Waals surface area contributed by atoms with Gasteiger partial charge >= 0.3 is 6.03 Å². The van der Waals surface area contributed by atoms with Crippen LogP contribution in [0.1, 0.15) is 19.3 Å². The van der Waals surface area contributed by atoms with Crippen molar-refractivity contribution in [3.8, 4) is 0 Å². The Morgan fingerprint density at radius 3 is 2.70 bits per heavy atom. The van der Waals surface area contributed by atoms with Gasteiger partial charge in [-0.25, -0.2) is 9.18 Å². The molecule has 2 aliphatic rings. The third kappa shape index (κ3) is 3.10. The molecule has 1 saturated carbocycles. The standard InChI is InChI=1S/C15H20FN3O/c16-12-2-5-13(6-3-12)18-15(20)19-14-4-1-10-8-17-9-11(10)7-14/h2-3,5-6,10-11,14,17H,1,4,7-9H2,(H2,18,19,20)/t10-,11+,14?/m0/s1. The molecule has 1 aromatic rings. The molecular weight excluding hydrogens is 257 g/mol. The number of hydrogen-bond acceptors (Lipinski definition) is 2. The smallest absolute Gasteiger partial charge is 0.319 e. The number of amides is 2. The van der Waals surface area contributed by atoms with E-state index in [-0.39, 0.29) is 17.9 Å². The Bertz CT molecular complexity index is 477. The van der Waals surface area contributed by atoms with Gasteiger partial charge in [-0.3, -0.25) is 0 Å². The Morgan fingerprint density at radius 1 is 1.15 bits per heavy atom. The first-order valence-corrected chi connectivity index (χ1v) is 7.24. The van der Waals surface area contributed by atoms with Crippen molar-refractivity contribution in [2.75, 3.05) is 18.4 Å². The lowest BCUT2D eigenvalue weighted by atomic mass is 9.79. The number of urea groups is 1. The SMILES string of the molecule is O=C(Nc1ccc(F)cc1)NC1CC[C@H]2CNC[C@H]2C1. The summed E-state index contributed by atoms with van der Waals surface area (Å²) < 4.78 is 12.8. The van der Waals surface area contributed by atoms with Crippen LogP contribution in [0, 0.1) is 17.7 Å². The highest BCUT2D eigenvalue weighted by Gasteiger charge is 2.34. The van der Waals surface area contributed by atoms with Crippen molar-refractivity contribution < 1.29 is 9.18 Å². The maximum Gasteiger partial charge on any atom is 0.319 e. The third-order valence-electron chi connectivity index (χ3n) is 4.39. The summed E-state index contributed by atoms with van der Waals surface area (Å²) in [4.78, 5) is 11.9. The lowest BCUT2D eigenvalue weighted by Crippen LogP contribution is -2.42. The lowest BCUT2D eigenvalue weighted by molar-refractivity contribution is 0.224. The van der Waals surface area contributed by atoms with Gasteiger partial charge in [0.25, 0.3) is 0 Å². The zero-order valence-electron chi connectivity index (χ0n) is 11.4. The normalized spacial score (nSPS) is 28.8. The van der Waals surface area contributed by atoms with E-state index in [1.54, 1.807) is 12.1 Å². The summed E-state index contributed by atoms with van der Waals surface area (Å²) in [5, 5.41) is 9.19. The zero-order valence-corrected chi connectivity index (χ0v) is 11.4. The van der Waals surface area contributed by atoms with Crippen LogP contribution in [0.5, 0.6) is 0 Å². The minimum absolute atomic E-state index is 0.203. The van der Waals surface area contributed by atoms with Gasteiger partial charge in [-0.15, -0.1) is 0 Å². The summed E-state index contributed by atoms with van der Waals surface area (Å²) in [6.07, 6.45) is 3.27. The number of halogens is 1. The van der Waals surface area contributed by atoms with Crippen molar-refractivity contribution in [3.63, 3.8) is 0 Å². The lowest BCUT2D eigenvalue weighted by Gasteiger charge is -2.31. The molecule has 0 bridgehead atoms. The molecule has 2 amide bonds. The van der Waals surface area contributed by atoms with Crippen molar-refractivity contribution in [1.82, 2.24) is 10.6 Å². The van der Waals surface area contributed by atoms with E-state index >= 15 is 0 Å². The molecule has 5 heteroatoms. The fraction of sp³-hybridized carbons (Fsp3) is 0.533.